The molecule has 13 heavy (non-hydrogen) atoms. The Labute approximate surface area is 87.4 Å². The smallest absolute Gasteiger partial charge is 0.0794 e. The number of aliphatic hydroxyl groups is 1. The SMILES string of the molecule is CC(C)SCC(O)Cc1cncs1. The molecule has 1 heterocycles. The molecule has 4 heteroatoms. The van der Waals surface area contributed by atoms with Crippen LogP contribution in [0.3, 0.4) is 0 Å². The van der Waals surface area contributed by atoms with Crippen LogP contribution in [0.25, 0.3) is 0 Å². The molecule has 0 fully saturated rings. The highest BCUT2D eigenvalue weighted by Gasteiger charge is 2.07. The Kier molecular flexibility index (Phi) is 4.77. The normalized spacial score (nSPS) is 13.5. The number of hydrogen-bond donors (Lipinski definition) is 1. The third-order valence-electron chi connectivity index (χ3n) is 1.54. The largest absolute Gasteiger partial charge is 0.392 e. The van der Waals surface area contributed by atoms with Crippen LogP contribution in [0.2, 0.25) is 0 Å². The van der Waals surface area contributed by atoms with Gasteiger partial charge in [0, 0.05) is 23.2 Å². The van der Waals surface area contributed by atoms with E-state index in [1.807, 2.05) is 6.20 Å². The van der Waals surface area contributed by atoms with E-state index in [1.165, 1.54) is 0 Å². The second-order valence-corrected chi connectivity index (χ2v) is 5.79. The Hall–Kier alpha value is -0.0600. The molecule has 0 saturated heterocycles. The molecular formula is C9H15NOS2. The second kappa shape index (κ2) is 5.62. The van der Waals surface area contributed by atoms with Crippen LogP contribution in [-0.4, -0.2) is 27.2 Å². The van der Waals surface area contributed by atoms with Crippen LogP contribution in [0.1, 0.15) is 18.7 Å². The number of aliphatic hydroxyl groups excluding tert-OH is 1. The molecule has 1 aromatic rings. The predicted molar refractivity (Wildman–Crippen MR) is 59.4 cm³/mol. The maximum absolute atomic E-state index is 9.63. The molecule has 0 radical (unpaired) electrons. The van der Waals surface area contributed by atoms with Crippen molar-refractivity contribution >= 4 is 23.1 Å². The summed E-state index contributed by atoms with van der Waals surface area (Å²) in [5.41, 5.74) is 1.80. The van der Waals surface area contributed by atoms with E-state index in [-0.39, 0.29) is 6.10 Å². The number of thiazole rings is 1. The summed E-state index contributed by atoms with van der Waals surface area (Å²) in [6.45, 7) is 4.29. The van der Waals surface area contributed by atoms with Crippen molar-refractivity contribution in [1.82, 2.24) is 4.98 Å². The highest BCUT2D eigenvalue weighted by molar-refractivity contribution is 7.99. The van der Waals surface area contributed by atoms with Crippen molar-refractivity contribution < 1.29 is 5.11 Å². The number of hydrogen-bond acceptors (Lipinski definition) is 4. The third kappa shape index (κ3) is 4.64. The van der Waals surface area contributed by atoms with E-state index in [2.05, 4.69) is 18.8 Å². The predicted octanol–water partition coefficient (Wildman–Crippen LogP) is 2.19. The molecule has 0 aliphatic carbocycles. The molecule has 0 bridgehead atoms. The third-order valence-corrected chi connectivity index (χ3v) is 3.59. The summed E-state index contributed by atoms with van der Waals surface area (Å²) in [5.74, 6) is 0.815. The molecule has 1 aromatic heterocycles. The number of nitrogens with zero attached hydrogens (tertiary/aromatic N) is 1. The lowest BCUT2D eigenvalue weighted by Gasteiger charge is -2.10. The molecule has 0 spiro atoms. The van der Waals surface area contributed by atoms with Crippen molar-refractivity contribution in [2.24, 2.45) is 0 Å². The first kappa shape index (κ1) is 11.0. The molecule has 1 unspecified atom stereocenters. The van der Waals surface area contributed by atoms with Gasteiger partial charge in [0.1, 0.15) is 0 Å². The van der Waals surface area contributed by atoms with Crippen molar-refractivity contribution in [3.05, 3.63) is 16.6 Å². The van der Waals surface area contributed by atoms with Gasteiger partial charge in [0.15, 0.2) is 0 Å². The van der Waals surface area contributed by atoms with Crippen LogP contribution in [0.4, 0.5) is 0 Å². The quantitative estimate of drug-likeness (QED) is 0.820. The first-order chi connectivity index (χ1) is 6.18. The molecule has 0 saturated carbocycles. The lowest BCUT2D eigenvalue weighted by Crippen LogP contribution is -2.14. The van der Waals surface area contributed by atoms with E-state index in [0.29, 0.717) is 5.25 Å². The minimum atomic E-state index is -0.229. The Morgan fingerprint density at radius 2 is 2.38 bits per heavy atom. The van der Waals surface area contributed by atoms with E-state index in [4.69, 9.17) is 0 Å². The molecule has 1 rings (SSSR count). The minimum Gasteiger partial charge on any atom is -0.392 e. The zero-order valence-corrected chi connectivity index (χ0v) is 9.57. The molecule has 2 nitrogen and oxygen atoms in total. The molecule has 0 aliphatic rings. The first-order valence-electron chi connectivity index (χ1n) is 4.35. The average Bonchev–Trinajstić information content (AvgIpc) is 2.53. The standard InChI is InChI=1S/C9H15NOS2/c1-7(2)12-5-8(11)3-9-4-10-6-13-9/h4,6-8,11H,3,5H2,1-2H3. The van der Waals surface area contributed by atoms with Gasteiger partial charge in [0.2, 0.25) is 0 Å². The van der Waals surface area contributed by atoms with Gasteiger partial charge in [-0.25, -0.2) is 0 Å². The van der Waals surface area contributed by atoms with E-state index in [9.17, 15) is 5.11 Å². The van der Waals surface area contributed by atoms with Gasteiger partial charge in [-0.3, -0.25) is 4.98 Å². The van der Waals surface area contributed by atoms with Gasteiger partial charge in [-0.15, -0.1) is 11.3 Å². The summed E-state index contributed by atoms with van der Waals surface area (Å²) in [6.07, 6.45) is 2.34. The number of aromatic nitrogens is 1. The van der Waals surface area contributed by atoms with Gasteiger partial charge in [-0.1, -0.05) is 13.8 Å². The highest BCUT2D eigenvalue weighted by Crippen LogP contribution is 2.15. The zero-order chi connectivity index (χ0) is 9.68. The van der Waals surface area contributed by atoms with Crippen LogP contribution in [0.15, 0.2) is 11.7 Å². The molecule has 0 aliphatic heterocycles. The minimum absolute atomic E-state index is 0.229. The van der Waals surface area contributed by atoms with Crippen LogP contribution in [0.5, 0.6) is 0 Å². The average molecular weight is 217 g/mol. The van der Waals surface area contributed by atoms with Crippen LogP contribution < -0.4 is 0 Å². The van der Waals surface area contributed by atoms with Gasteiger partial charge < -0.3 is 5.11 Å². The van der Waals surface area contributed by atoms with Crippen LogP contribution >= 0.6 is 23.1 Å². The summed E-state index contributed by atoms with van der Waals surface area (Å²) < 4.78 is 0. The monoisotopic (exact) mass is 217 g/mol. The van der Waals surface area contributed by atoms with E-state index >= 15 is 0 Å². The van der Waals surface area contributed by atoms with Crippen molar-refractivity contribution in [3.63, 3.8) is 0 Å². The number of thioether (sulfide) groups is 1. The Morgan fingerprint density at radius 1 is 1.62 bits per heavy atom. The Balaban J connectivity index is 2.22. The summed E-state index contributed by atoms with van der Waals surface area (Å²) in [5, 5.41) is 10.2. The Bertz CT molecular complexity index is 224. The summed E-state index contributed by atoms with van der Waals surface area (Å²) in [6, 6.07) is 0. The van der Waals surface area contributed by atoms with Crippen molar-refractivity contribution in [2.45, 2.75) is 31.6 Å². The maximum Gasteiger partial charge on any atom is 0.0794 e. The van der Waals surface area contributed by atoms with Crippen molar-refractivity contribution in [2.75, 3.05) is 5.75 Å². The maximum atomic E-state index is 9.63. The Morgan fingerprint density at radius 3 is 2.92 bits per heavy atom. The molecule has 0 aromatic carbocycles. The van der Waals surface area contributed by atoms with E-state index < -0.39 is 0 Å². The molecule has 1 N–H and O–H groups in total. The van der Waals surface area contributed by atoms with Gasteiger partial charge in [-0.2, -0.15) is 11.8 Å². The van der Waals surface area contributed by atoms with Crippen molar-refractivity contribution in [3.8, 4) is 0 Å². The van der Waals surface area contributed by atoms with E-state index in [1.54, 1.807) is 28.6 Å². The zero-order valence-electron chi connectivity index (χ0n) is 7.93. The molecular weight excluding hydrogens is 202 g/mol. The first-order valence-corrected chi connectivity index (χ1v) is 6.28. The fourth-order valence-electron chi connectivity index (χ4n) is 0.938. The van der Waals surface area contributed by atoms with Gasteiger partial charge in [0.25, 0.3) is 0 Å². The highest BCUT2D eigenvalue weighted by atomic mass is 32.2. The fraction of sp³-hybridized carbons (Fsp3) is 0.667. The molecule has 1 atom stereocenters. The summed E-state index contributed by atoms with van der Waals surface area (Å²) in [7, 11) is 0. The molecule has 0 amide bonds. The fourth-order valence-corrected chi connectivity index (χ4v) is 2.33. The second-order valence-electron chi connectivity index (χ2n) is 3.21. The summed E-state index contributed by atoms with van der Waals surface area (Å²) in [4.78, 5) is 5.13. The van der Waals surface area contributed by atoms with Crippen LogP contribution in [0, 0.1) is 0 Å². The molecule has 74 valence electrons. The topological polar surface area (TPSA) is 33.1 Å². The number of rotatable bonds is 5. The van der Waals surface area contributed by atoms with Crippen LogP contribution in [-0.2, 0) is 6.42 Å². The summed E-state index contributed by atoms with van der Waals surface area (Å²) >= 11 is 3.40. The van der Waals surface area contributed by atoms with Crippen molar-refractivity contribution in [1.29, 1.82) is 0 Å². The van der Waals surface area contributed by atoms with Gasteiger partial charge in [0.05, 0.1) is 11.6 Å². The van der Waals surface area contributed by atoms with Gasteiger partial charge >= 0.3 is 0 Å². The van der Waals surface area contributed by atoms with Gasteiger partial charge in [-0.05, 0) is 5.25 Å². The van der Waals surface area contributed by atoms with E-state index in [0.717, 1.165) is 17.1 Å². The lowest BCUT2D eigenvalue weighted by atomic mass is 10.3. The lowest BCUT2D eigenvalue weighted by molar-refractivity contribution is 0.201.